The lowest BCUT2D eigenvalue weighted by molar-refractivity contribution is 0.0658. The molecule has 1 aliphatic rings. The molecule has 1 saturated heterocycles. The van der Waals surface area contributed by atoms with Crippen LogP contribution in [-0.4, -0.2) is 78.3 Å². The number of unbranched alkanes of at least 4 members (excludes halogenated alkanes) is 1. The zero-order chi connectivity index (χ0) is 16.8. The van der Waals surface area contributed by atoms with Gasteiger partial charge in [0, 0.05) is 51.5 Å². The number of likely N-dealkylation sites (N-methyl/N-ethyl adjacent to an activating group) is 1. The summed E-state index contributed by atoms with van der Waals surface area (Å²) in [6.07, 6.45) is 3.56. The molecule has 2 rings (SSSR count). The summed E-state index contributed by atoms with van der Waals surface area (Å²) in [5.41, 5.74) is 0.875. The van der Waals surface area contributed by atoms with Crippen molar-refractivity contribution >= 4 is 11.8 Å². The summed E-state index contributed by atoms with van der Waals surface area (Å²) in [4.78, 5) is 34.8. The van der Waals surface area contributed by atoms with Gasteiger partial charge >= 0.3 is 0 Å². The molecule has 126 valence electrons. The summed E-state index contributed by atoms with van der Waals surface area (Å²) in [6, 6.07) is 3.29. The fourth-order valence-corrected chi connectivity index (χ4v) is 2.57. The molecule has 0 bridgehead atoms. The van der Waals surface area contributed by atoms with E-state index in [1.54, 1.807) is 35.2 Å². The average molecular weight is 318 g/mol. The molecule has 0 saturated carbocycles. The molecule has 0 aliphatic carbocycles. The van der Waals surface area contributed by atoms with Crippen molar-refractivity contribution in [1.29, 1.82) is 0 Å². The van der Waals surface area contributed by atoms with Crippen molar-refractivity contribution in [2.24, 2.45) is 0 Å². The number of nitrogens with zero attached hydrogens (tertiary/aromatic N) is 4. The maximum absolute atomic E-state index is 12.5. The van der Waals surface area contributed by atoms with Crippen LogP contribution in [0.1, 0.15) is 40.6 Å². The molecule has 2 heterocycles. The van der Waals surface area contributed by atoms with Crippen LogP contribution in [0, 0.1) is 0 Å². The standard InChI is InChI=1S/C17H26N4O2/c1-4-5-8-20(3)16(22)14-6-7-18-15(13-14)17(23)21-11-9-19(2)10-12-21/h6-7,13H,4-5,8-12H2,1-3H3. The van der Waals surface area contributed by atoms with Crippen molar-refractivity contribution < 1.29 is 9.59 Å². The Morgan fingerprint density at radius 2 is 1.96 bits per heavy atom. The lowest BCUT2D eigenvalue weighted by Crippen LogP contribution is -2.47. The van der Waals surface area contributed by atoms with E-state index in [0.29, 0.717) is 24.3 Å². The molecule has 0 atom stereocenters. The number of amides is 2. The predicted octanol–water partition coefficient (Wildman–Crippen LogP) is 1.34. The molecule has 2 amide bonds. The molecule has 1 fully saturated rings. The summed E-state index contributed by atoms with van der Waals surface area (Å²) < 4.78 is 0. The third-order valence-electron chi connectivity index (χ3n) is 4.21. The third kappa shape index (κ3) is 4.51. The molecule has 0 unspecified atom stereocenters. The average Bonchev–Trinajstić information content (AvgIpc) is 2.59. The Balaban J connectivity index is 2.07. The number of aromatic nitrogens is 1. The highest BCUT2D eigenvalue weighted by Gasteiger charge is 2.22. The SMILES string of the molecule is CCCCN(C)C(=O)c1ccnc(C(=O)N2CCN(C)CC2)c1. The Bertz CT molecular complexity index is 553. The number of hydrogen-bond acceptors (Lipinski definition) is 4. The normalized spacial score (nSPS) is 15.5. The van der Waals surface area contributed by atoms with Crippen molar-refractivity contribution in [3.8, 4) is 0 Å². The van der Waals surface area contributed by atoms with Crippen LogP contribution in [0.2, 0.25) is 0 Å². The Hall–Kier alpha value is -1.95. The number of piperazine rings is 1. The first-order valence-electron chi connectivity index (χ1n) is 8.22. The Morgan fingerprint density at radius 3 is 2.61 bits per heavy atom. The molecule has 6 heteroatoms. The molecule has 1 aliphatic heterocycles. The van der Waals surface area contributed by atoms with Gasteiger partial charge in [0.2, 0.25) is 0 Å². The van der Waals surface area contributed by atoms with E-state index in [2.05, 4.69) is 16.8 Å². The molecule has 0 aromatic carbocycles. The van der Waals surface area contributed by atoms with E-state index in [0.717, 1.165) is 32.5 Å². The largest absolute Gasteiger partial charge is 0.342 e. The number of carbonyl (C=O) groups is 2. The van der Waals surface area contributed by atoms with E-state index in [9.17, 15) is 9.59 Å². The van der Waals surface area contributed by atoms with Gasteiger partial charge in [0.05, 0.1) is 0 Å². The van der Waals surface area contributed by atoms with E-state index in [-0.39, 0.29) is 11.8 Å². The van der Waals surface area contributed by atoms with Crippen LogP contribution < -0.4 is 0 Å². The summed E-state index contributed by atoms with van der Waals surface area (Å²) in [5, 5.41) is 0. The number of carbonyl (C=O) groups excluding carboxylic acids is 2. The molecule has 1 aromatic heterocycles. The fourth-order valence-electron chi connectivity index (χ4n) is 2.57. The molecular formula is C17H26N4O2. The zero-order valence-corrected chi connectivity index (χ0v) is 14.3. The second-order valence-electron chi connectivity index (χ2n) is 6.11. The monoisotopic (exact) mass is 318 g/mol. The predicted molar refractivity (Wildman–Crippen MR) is 89.5 cm³/mol. The highest BCUT2D eigenvalue weighted by atomic mass is 16.2. The van der Waals surface area contributed by atoms with Crippen LogP contribution in [0.25, 0.3) is 0 Å². The summed E-state index contributed by atoms with van der Waals surface area (Å²) in [7, 11) is 3.84. The lowest BCUT2D eigenvalue weighted by atomic mass is 10.1. The summed E-state index contributed by atoms with van der Waals surface area (Å²) in [5.74, 6) is -0.155. The zero-order valence-electron chi connectivity index (χ0n) is 14.3. The van der Waals surface area contributed by atoms with Crippen LogP contribution in [0.4, 0.5) is 0 Å². The minimum atomic E-state index is -0.0936. The second-order valence-corrected chi connectivity index (χ2v) is 6.11. The number of pyridine rings is 1. The van der Waals surface area contributed by atoms with Gasteiger partial charge in [-0.3, -0.25) is 14.6 Å². The molecule has 0 spiro atoms. The molecule has 6 nitrogen and oxygen atoms in total. The maximum atomic E-state index is 12.5. The molecule has 0 N–H and O–H groups in total. The van der Waals surface area contributed by atoms with Crippen molar-refractivity contribution in [2.45, 2.75) is 19.8 Å². The maximum Gasteiger partial charge on any atom is 0.272 e. The second kappa shape index (κ2) is 8.06. The van der Waals surface area contributed by atoms with Crippen molar-refractivity contribution in [3.63, 3.8) is 0 Å². The summed E-state index contributed by atoms with van der Waals surface area (Å²) in [6.45, 7) is 5.95. The fraction of sp³-hybridized carbons (Fsp3) is 0.588. The van der Waals surface area contributed by atoms with Crippen molar-refractivity contribution in [1.82, 2.24) is 19.7 Å². The van der Waals surface area contributed by atoms with E-state index in [1.807, 2.05) is 7.05 Å². The summed E-state index contributed by atoms with van der Waals surface area (Å²) >= 11 is 0. The van der Waals surface area contributed by atoms with Crippen molar-refractivity contribution in [3.05, 3.63) is 29.6 Å². The van der Waals surface area contributed by atoms with Crippen LogP contribution in [0.3, 0.4) is 0 Å². The van der Waals surface area contributed by atoms with Crippen LogP contribution >= 0.6 is 0 Å². The van der Waals surface area contributed by atoms with E-state index in [1.165, 1.54) is 0 Å². The highest BCUT2D eigenvalue weighted by Crippen LogP contribution is 2.10. The third-order valence-corrected chi connectivity index (χ3v) is 4.21. The Morgan fingerprint density at radius 1 is 1.26 bits per heavy atom. The molecular weight excluding hydrogens is 292 g/mol. The van der Waals surface area contributed by atoms with Gasteiger partial charge in [-0.25, -0.2) is 0 Å². The van der Waals surface area contributed by atoms with Gasteiger partial charge in [0.1, 0.15) is 5.69 Å². The van der Waals surface area contributed by atoms with Gasteiger partial charge in [-0.1, -0.05) is 13.3 Å². The quantitative estimate of drug-likeness (QED) is 0.822. The van der Waals surface area contributed by atoms with Gasteiger partial charge in [0.15, 0.2) is 0 Å². The van der Waals surface area contributed by atoms with Crippen molar-refractivity contribution in [2.75, 3.05) is 46.8 Å². The minimum absolute atomic E-state index is 0.0618. The molecule has 23 heavy (non-hydrogen) atoms. The van der Waals surface area contributed by atoms with Crippen LogP contribution in [0.15, 0.2) is 18.3 Å². The Labute approximate surface area is 138 Å². The lowest BCUT2D eigenvalue weighted by Gasteiger charge is -2.32. The number of rotatable bonds is 5. The van der Waals surface area contributed by atoms with Gasteiger partial charge in [-0.05, 0) is 25.6 Å². The van der Waals surface area contributed by atoms with Gasteiger partial charge in [0.25, 0.3) is 11.8 Å². The van der Waals surface area contributed by atoms with Gasteiger partial charge in [-0.2, -0.15) is 0 Å². The van der Waals surface area contributed by atoms with Crippen LogP contribution in [-0.2, 0) is 0 Å². The van der Waals surface area contributed by atoms with Crippen LogP contribution in [0.5, 0.6) is 0 Å². The first-order chi connectivity index (χ1) is 11.0. The van der Waals surface area contributed by atoms with Gasteiger partial charge in [-0.15, -0.1) is 0 Å². The smallest absolute Gasteiger partial charge is 0.272 e. The van der Waals surface area contributed by atoms with Gasteiger partial charge < -0.3 is 14.7 Å². The molecule has 1 aromatic rings. The Kier molecular flexibility index (Phi) is 6.10. The topological polar surface area (TPSA) is 56.8 Å². The van der Waals surface area contributed by atoms with E-state index < -0.39 is 0 Å². The minimum Gasteiger partial charge on any atom is -0.342 e. The van der Waals surface area contributed by atoms with E-state index in [4.69, 9.17) is 0 Å². The number of hydrogen-bond donors (Lipinski definition) is 0. The van der Waals surface area contributed by atoms with E-state index >= 15 is 0 Å². The first-order valence-corrected chi connectivity index (χ1v) is 8.22. The molecule has 0 radical (unpaired) electrons. The first kappa shape index (κ1) is 17.4. The highest BCUT2D eigenvalue weighted by molar-refractivity contribution is 5.98.